The summed E-state index contributed by atoms with van der Waals surface area (Å²) in [6.07, 6.45) is 1.41. The average molecular weight is 308 g/mol. The fourth-order valence-corrected chi connectivity index (χ4v) is 4.42. The van der Waals surface area contributed by atoms with Crippen LogP contribution in [-0.4, -0.2) is 60.0 Å². The highest BCUT2D eigenvalue weighted by Gasteiger charge is 2.52. The number of aliphatic carboxylic acids is 1. The van der Waals surface area contributed by atoms with Crippen LogP contribution in [0.1, 0.15) is 23.2 Å². The van der Waals surface area contributed by atoms with E-state index in [2.05, 4.69) is 4.90 Å². The van der Waals surface area contributed by atoms with Crippen molar-refractivity contribution in [2.24, 2.45) is 11.3 Å². The summed E-state index contributed by atoms with van der Waals surface area (Å²) in [5.41, 5.74) is 0.0347. The second-order valence-electron chi connectivity index (χ2n) is 6.22. The molecule has 21 heavy (non-hydrogen) atoms. The minimum Gasteiger partial charge on any atom is -0.481 e. The smallest absolute Gasteiger partial charge is 0.311 e. The molecule has 0 saturated carbocycles. The molecule has 2 aliphatic heterocycles. The zero-order valence-corrected chi connectivity index (χ0v) is 12.9. The van der Waals surface area contributed by atoms with Crippen molar-refractivity contribution in [3.8, 4) is 0 Å². The van der Waals surface area contributed by atoms with Gasteiger partial charge in [-0.15, -0.1) is 0 Å². The number of hydrogen-bond donors (Lipinski definition) is 1. The zero-order valence-electron chi connectivity index (χ0n) is 12.1. The number of rotatable bonds is 2. The first-order chi connectivity index (χ1) is 10.0. The normalized spacial score (nSPS) is 30.0. The lowest BCUT2D eigenvalue weighted by atomic mass is 9.75. The number of carboxylic acids is 1. The van der Waals surface area contributed by atoms with E-state index in [0.717, 1.165) is 13.0 Å². The molecule has 3 heterocycles. The van der Waals surface area contributed by atoms with E-state index >= 15 is 0 Å². The van der Waals surface area contributed by atoms with Crippen LogP contribution < -0.4 is 0 Å². The van der Waals surface area contributed by atoms with Crippen LogP contribution in [0.2, 0.25) is 0 Å². The summed E-state index contributed by atoms with van der Waals surface area (Å²) in [5, 5.41) is 13.5. The Balaban J connectivity index is 1.83. The largest absolute Gasteiger partial charge is 0.481 e. The lowest BCUT2D eigenvalue weighted by Gasteiger charge is -2.29. The molecule has 6 heteroatoms. The van der Waals surface area contributed by atoms with Crippen molar-refractivity contribution in [1.82, 2.24) is 9.80 Å². The van der Waals surface area contributed by atoms with Crippen LogP contribution in [0.15, 0.2) is 16.8 Å². The summed E-state index contributed by atoms with van der Waals surface area (Å²) in [5.74, 6) is -0.654. The second-order valence-corrected chi connectivity index (χ2v) is 7.00. The van der Waals surface area contributed by atoms with E-state index in [1.54, 1.807) is 0 Å². The fraction of sp³-hybridized carbons (Fsp3) is 0.600. The Kier molecular flexibility index (Phi) is 3.75. The first-order valence-corrected chi connectivity index (χ1v) is 8.20. The molecule has 1 N–H and O–H groups in total. The van der Waals surface area contributed by atoms with Gasteiger partial charge in [-0.05, 0) is 31.3 Å². The number of fused-ring (bicyclic) bond motifs is 1. The van der Waals surface area contributed by atoms with Crippen molar-refractivity contribution in [1.29, 1.82) is 0 Å². The molecule has 2 fully saturated rings. The van der Waals surface area contributed by atoms with Crippen molar-refractivity contribution in [3.05, 3.63) is 22.4 Å². The molecule has 0 radical (unpaired) electrons. The molecule has 0 unspecified atom stereocenters. The van der Waals surface area contributed by atoms with Gasteiger partial charge in [-0.3, -0.25) is 9.59 Å². The summed E-state index contributed by atoms with van der Waals surface area (Å²) in [6, 6.07) is 1.84. The van der Waals surface area contributed by atoms with Crippen LogP contribution in [0, 0.1) is 11.3 Å². The second kappa shape index (κ2) is 5.42. The number of nitrogens with zero attached hydrogens (tertiary/aromatic N) is 2. The Morgan fingerprint density at radius 1 is 1.43 bits per heavy atom. The quantitative estimate of drug-likeness (QED) is 0.902. The van der Waals surface area contributed by atoms with Crippen LogP contribution in [0.4, 0.5) is 0 Å². The highest BCUT2D eigenvalue weighted by molar-refractivity contribution is 7.08. The summed E-state index contributed by atoms with van der Waals surface area (Å²) < 4.78 is 0. The first-order valence-electron chi connectivity index (χ1n) is 7.26. The molecule has 0 spiro atoms. The van der Waals surface area contributed by atoms with Gasteiger partial charge in [0.25, 0.3) is 5.91 Å². The molecular formula is C15H20N2O3S. The minimum absolute atomic E-state index is 0.0186. The topological polar surface area (TPSA) is 60.9 Å². The zero-order chi connectivity index (χ0) is 15.0. The minimum atomic E-state index is -0.707. The van der Waals surface area contributed by atoms with Gasteiger partial charge in [0.05, 0.1) is 11.0 Å². The fourth-order valence-electron chi connectivity index (χ4n) is 3.79. The third-order valence-corrected chi connectivity index (χ3v) is 5.52. The van der Waals surface area contributed by atoms with Gasteiger partial charge in [0, 0.05) is 37.5 Å². The standard InChI is InChI=1S/C15H20N2O3S/c1-16-7-12-8-17(13(18)11-3-6-21-9-11)5-2-4-15(12,10-16)14(19)20/h3,6,9,12H,2,4-5,7-8,10H2,1H3,(H,19,20)/t12-,15+/m0/s1. The lowest BCUT2D eigenvalue weighted by Crippen LogP contribution is -2.42. The number of carbonyl (C=O) groups excluding carboxylic acids is 1. The van der Waals surface area contributed by atoms with Crippen LogP contribution in [-0.2, 0) is 4.79 Å². The van der Waals surface area contributed by atoms with Crippen LogP contribution >= 0.6 is 11.3 Å². The molecule has 2 aliphatic rings. The highest BCUT2D eigenvalue weighted by Crippen LogP contribution is 2.42. The van der Waals surface area contributed by atoms with Crippen molar-refractivity contribution >= 4 is 23.2 Å². The van der Waals surface area contributed by atoms with E-state index in [0.29, 0.717) is 31.6 Å². The van der Waals surface area contributed by atoms with Crippen LogP contribution in [0.25, 0.3) is 0 Å². The van der Waals surface area contributed by atoms with E-state index in [4.69, 9.17) is 0 Å². The van der Waals surface area contributed by atoms with Gasteiger partial charge in [-0.2, -0.15) is 11.3 Å². The Morgan fingerprint density at radius 3 is 2.90 bits per heavy atom. The van der Waals surface area contributed by atoms with E-state index in [1.165, 1.54) is 11.3 Å². The number of carbonyl (C=O) groups is 2. The molecule has 0 aliphatic carbocycles. The van der Waals surface area contributed by atoms with Gasteiger partial charge in [-0.1, -0.05) is 0 Å². The number of hydrogen-bond acceptors (Lipinski definition) is 4. The van der Waals surface area contributed by atoms with E-state index in [-0.39, 0.29) is 11.8 Å². The summed E-state index contributed by atoms with van der Waals surface area (Å²) in [4.78, 5) is 28.3. The maximum atomic E-state index is 12.5. The van der Waals surface area contributed by atoms with Gasteiger partial charge in [-0.25, -0.2) is 0 Å². The predicted molar refractivity (Wildman–Crippen MR) is 80.5 cm³/mol. The molecule has 0 bridgehead atoms. The Bertz CT molecular complexity index is 545. The van der Waals surface area contributed by atoms with Gasteiger partial charge in [0.1, 0.15) is 0 Å². The maximum Gasteiger partial charge on any atom is 0.311 e. The van der Waals surface area contributed by atoms with Gasteiger partial charge in [0.2, 0.25) is 0 Å². The number of amides is 1. The molecule has 114 valence electrons. The molecule has 3 rings (SSSR count). The van der Waals surface area contributed by atoms with Crippen molar-refractivity contribution in [2.75, 3.05) is 33.2 Å². The molecule has 2 atom stereocenters. The van der Waals surface area contributed by atoms with E-state index in [9.17, 15) is 14.7 Å². The molecule has 1 aromatic heterocycles. The molecule has 2 saturated heterocycles. The first kappa shape index (κ1) is 14.5. The van der Waals surface area contributed by atoms with Crippen molar-refractivity contribution in [2.45, 2.75) is 12.8 Å². The molecule has 5 nitrogen and oxygen atoms in total. The maximum absolute atomic E-state index is 12.5. The Hall–Kier alpha value is -1.40. The number of thiophene rings is 1. The third kappa shape index (κ3) is 2.46. The van der Waals surface area contributed by atoms with E-state index < -0.39 is 11.4 Å². The van der Waals surface area contributed by atoms with E-state index in [1.807, 2.05) is 28.8 Å². The average Bonchev–Trinajstić information content (AvgIpc) is 3.02. The molecule has 1 aromatic rings. The monoisotopic (exact) mass is 308 g/mol. The summed E-state index contributed by atoms with van der Waals surface area (Å²) in [7, 11) is 1.96. The van der Waals surface area contributed by atoms with Crippen LogP contribution in [0.3, 0.4) is 0 Å². The predicted octanol–water partition coefficient (Wildman–Crippen LogP) is 1.62. The van der Waals surface area contributed by atoms with Crippen molar-refractivity contribution < 1.29 is 14.7 Å². The summed E-state index contributed by atoms with van der Waals surface area (Å²) in [6.45, 7) is 2.54. The number of carboxylic acid groups (broad SMARTS) is 1. The van der Waals surface area contributed by atoms with Gasteiger partial charge >= 0.3 is 5.97 Å². The molecule has 1 amide bonds. The molecule has 0 aromatic carbocycles. The van der Waals surface area contributed by atoms with Crippen LogP contribution in [0.5, 0.6) is 0 Å². The SMILES string of the molecule is CN1C[C@H]2CN(C(=O)c3ccsc3)CCC[C@@]2(C(=O)O)C1. The highest BCUT2D eigenvalue weighted by atomic mass is 32.1. The van der Waals surface area contributed by atoms with Gasteiger partial charge < -0.3 is 14.9 Å². The Morgan fingerprint density at radius 2 is 2.24 bits per heavy atom. The lowest BCUT2D eigenvalue weighted by molar-refractivity contribution is -0.150. The molecular weight excluding hydrogens is 288 g/mol. The summed E-state index contributed by atoms with van der Waals surface area (Å²) >= 11 is 1.51. The number of likely N-dealkylation sites (tertiary alicyclic amines) is 2. The van der Waals surface area contributed by atoms with Crippen molar-refractivity contribution in [3.63, 3.8) is 0 Å². The van der Waals surface area contributed by atoms with Gasteiger partial charge in [0.15, 0.2) is 0 Å². The Labute approximate surface area is 128 Å². The third-order valence-electron chi connectivity index (χ3n) is 4.84.